The Balaban J connectivity index is 1.80. The number of carboxylic acid groups (broad SMARTS) is 1. The van der Waals surface area contributed by atoms with Crippen molar-refractivity contribution in [3.05, 3.63) is 40.2 Å². The third-order valence-corrected chi connectivity index (χ3v) is 6.60. The van der Waals surface area contributed by atoms with Crippen LogP contribution >= 0.6 is 11.3 Å². The van der Waals surface area contributed by atoms with Crippen LogP contribution in [0.25, 0.3) is 0 Å². The molecule has 0 bridgehead atoms. The van der Waals surface area contributed by atoms with Crippen molar-refractivity contribution in [2.45, 2.75) is 46.6 Å². The van der Waals surface area contributed by atoms with E-state index in [-0.39, 0.29) is 17.9 Å². The zero-order valence-electron chi connectivity index (χ0n) is 17.9. The summed E-state index contributed by atoms with van der Waals surface area (Å²) in [6.45, 7) is 5.95. The van der Waals surface area contributed by atoms with Crippen LogP contribution in [0.5, 0.6) is 0 Å². The molecule has 0 saturated heterocycles. The van der Waals surface area contributed by atoms with Gasteiger partial charge in [-0.1, -0.05) is 20.8 Å². The molecule has 1 aliphatic carbocycles. The van der Waals surface area contributed by atoms with Gasteiger partial charge in [-0.2, -0.15) is 0 Å². The summed E-state index contributed by atoms with van der Waals surface area (Å²) in [5.74, 6) is -0.791. The van der Waals surface area contributed by atoms with Gasteiger partial charge in [0.25, 0.3) is 11.8 Å². The standard InChI is InChI=1S/C22H28N2O6S/c1-22(2,3)13-6-7-15-16(9-13)31-21(24-17(25)11-29-12-18(26)27)19(15)20(28)23-10-14-5-4-8-30-14/h4-5,8,13H,6-7,9-12H2,1-3H3,(H,23,28)(H,24,25)(H,26,27)/t13-/m0/s1. The molecule has 9 heteroatoms. The van der Waals surface area contributed by atoms with E-state index in [9.17, 15) is 14.4 Å². The van der Waals surface area contributed by atoms with E-state index in [2.05, 4.69) is 31.4 Å². The summed E-state index contributed by atoms with van der Waals surface area (Å²) in [7, 11) is 0. The van der Waals surface area contributed by atoms with E-state index in [1.54, 1.807) is 18.4 Å². The first-order valence-electron chi connectivity index (χ1n) is 10.2. The molecular weight excluding hydrogens is 420 g/mol. The molecule has 0 aliphatic heterocycles. The zero-order valence-corrected chi connectivity index (χ0v) is 18.8. The van der Waals surface area contributed by atoms with Crippen molar-refractivity contribution in [3.8, 4) is 0 Å². The molecule has 2 aromatic heterocycles. The molecule has 3 N–H and O–H groups in total. The van der Waals surface area contributed by atoms with E-state index >= 15 is 0 Å². The van der Waals surface area contributed by atoms with Crippen LogP contribution in [0.3, 0.4) is 0 Å². The predicted octanol–water partition coefficient (Wildman–Crippen LogP) is 3.46. The Kier molecular flexibility index (Phi) is 7.17. The highest BCUT2D eigenvalue weighted by Crippen LogP contribution is 2.44. The second-order valence-electron chi connectivity index (χ2n) is 8.71. The highest BCUT2D eigenvalue weighted by molar-refractivity contribution is 7.17. The molecule has 1 atom stereocenters. The molecule has 2 aromatic rings. The van der Waals surface area contributed by atoms with Crippen molar-refractivity contribution in [1.82, 2.24) is 5.32 Å². The number of carbonyl (C=O) groups is 3. The minimum absolute atomic E-state index is 0.150. The molecule has 31 heavy (non-hydrogen) atoms. The number of rotatable bonds is 8. The highest BCUT2D eigenvalue weighted by Gasteiger charge is 2.34. The largest absolute Gasteiger partial charge is 0.480 e. The Morgan fingerprint density at radius 3 is 2.71 bits per heavy atom. The molecule has 0 fully saturated rings. The van der Waals surface area contributed by atoms with Crippen molar-refractivity contribution >= 4 is 34.1 Å². The first kappa shape index (κ1) is 23.0. The summed E-state index contributed by atoms with van der Waals surface area (Å²) in [4.78, 5) is 37.0. The quantitative estimate of drug-likeness (QED) is 0.569. The molecule has 0 aromatic carbocycles. The third kappa shape index (κ3) is 5.95. The number of fused-ring (bicyclic) bond motifs is 1. The van der Waals surface area contributed by atoms with Crippen LogP contribution in [-0.4, -0.2) is 36.1 Å². The van der Waals surface area contributed by atoms with Crippen molar-refractivity contribution in [1.29, 1.82) is 0 Å². The average Bonchev–Trinajstić information content (AvgIpc) is 3.31. The minimum Gasteiger partial charge on any atom is -0.480 e. The van der Waals surface area contributed by atoms with Gasteiger partial charge in [0, 0.05) is 4.88 Å². The van der Waals surface area contributed by atoms with Crippen LogP contribution in [0.1, 0.15) is 53.8 Å². The molecule has 2 amide bonds. The third-order valence-electron chi connectivity index (χ3n) is 5.43. The first-order chi connectivity index (χ1) is 14.6. The summed E-state index contributed by atoms with van der Waals surface area (Å²) in [5, 5.41) is 14.7. The number of ether oxygens (including phenoxy) is 1. The fourth-order valence-corrected chi connectivity index (χ4v) is 5.06. The van der Waals surface area contributed by atoms with E-state index in [1.165, 1.54) is 11.3 Å². The lowest BCUT2D eigenvalue weighted by Gasteiger charge is -2.33. The molecule has 1 aliphatic rings. The molecule has 0 radical (unpaired) electrons. The minimum atomic E-state index is -1.15. The lowest BCUT2D eigenvalue weighted by Crippen LogP contribution is -2.29. The topological polar surface area (TPSA) is 118 Å². The molecular formula is C22H28N2O6S. The van der Waals surface area contributed by atoms with Crippen molar-refractivity contribution in [2.24, 2.45) is 11.3 Å². The van der Waals surface area contributed by atoms with Crippen molar-refractivity contribution in [3.63, 3.8) is 0 Å². The molecule has 3 rings (SSSR count). The number of anilines is 1. The van der Waals surface area contributed by atoms with Gasteiger partial charge in [-0.05, 0) is 48.3 Å². The van der Waals surface area contributed by atoms with E-state index in [0.29, 0.717) is 22.2 Å². The first-order valence-corrected chi connectivity index (χ1v) is 11.0. The maximum Gasteiger partial charge on any atom is 0.329 e. The number of carbonyl (C=O) groups excluding carboxylic acids is 2. The Labute approximate surface area is 185 Å². The maximum absolute atomic E-state index is 13.1. The summed E-state index contributed by atoms with van der Waals surface area (Å²) in [5.41, 5.74) is 1.60. The number of hydrogen-bond donors (Lipinski definition) is 3. The molecule has 168 valence electrons. The van der Waals surface area contributed by atoms with Gasteiger partial charge in [-0.25, -0.2) is 4.79 Å². The normalized spacial score (nSPS) is 15.9. The van der Waals surface area contributed by atoms with Gasteiger partial charge in [0.05, 0.1) is 18.4 Å². The van der Waals surface area contributed by atoms with E-state index in [1.807, 2.05) is 0 Å². The smallest absolute Gasteiger partial charge is 0.329 e. The van der Waals surface area contributed by atoms with Gasteiger partial charge in [0.2, 0.25) is 0 Å². The van der Waals surface area contributed by atoms with Gasteiger partial charge < -0.3 is 24.9 Å². The molecule has 0 spiro atoms. The van der Waals surface area contributed by atoms with Crippen LogP contribution in [0.2, 0.25) is 0 Å². The predicted molar refractivity (Wildman–Crippen MR) is 116 cm³/mol. The lowest BCUT2D eigenvalue weighted by atomic mass is 9.72. The van der Waals surface area contributed by atoms with Gasteiger partial charge in [-0.15, -0.1) is 11.3 Å². The number of carboxylic acids is 1. The number of amides is 2. The zero-order chi connectivity index (χ0) is 22.6. The van der Waals surface area contributed by atoms with E-state index < -0.39 is 25.1 Å². The van der Waals surface area contributed by atoms with Crippen LogP contribution in [0.4, 0.5) is 5.00 Å². The van der Waals surface area contributed by atoms with E-state index in [4.69, 9.17) is 14.3 Å². The highest BCUT2D eigenvalue weighted by atomic mass is 32.1. The monoisotopic (exact) mass is 448 g/mol. The number of thiophene rings is 1. The van der Waals surface area contributed by atoms with Gasteiger partial charge in [-0.3, -0.25) is 9.59 Å². The number of furan rings is 1. The fourth-order valence-electron chi connectivity index (χ4n) is 3.72. The summed E-state index contributed by atoms with van der Waals surface area (Å²) in [6, 6.07) is 3.53. The number of hydrogen-bond acceptors (Lipinski definition) is 6. The summed E-state index contributed by atoms with van der Waals surface area (Å²) >= 11 is 1.41. The maximum atomic E-state index is 13.1. The van der Waals surface area contributed by atoms with Crippen molar-refractivity contribution in [2.75, 3.05) is 18.5 Å². The lowest BCUT2D eigenvalue weighted by molar-refractivity contribution is -0.143. The molecule has 8 nitrogen and oxygen atoms in total. The van der Waals surface area contributed by atoms with Crippen LogP contribution in [-0.2, 0) is 33.7 Å². The number of aliphatic carboxylic acids is 1. The number of nitrogens with one attached hydrogen (secondary N) is 2. The molecule has 0 unspecified atom stereocenters. The Morgan fingerprint density at radius 1 is 1.29 bits per heavy atom. The van der Waals surface area contributed by atoms with Crippen molar-refractivity contribution < 1.29 is 28.6 Å². The summed E-state index contributed by atoms with van der Waals surface area (Å²) < 4.78 is 10.1. The summed E-state index contributed by atoms with van der Waals surface area (Å²) in [6.07, 6.45) is 4.14. The Bertz CT molecular complexity index is 942. The second kappa shape index (κ2) is 9.65. The Hall–Kier alpha value is -2.65. The molecule has 0 saturated carbocycles. The molecule has 2 heterocycles. The second-order valence-corrected chi connectivity index (χ2v) is 9.82. The van der Waals surface area contributed by atoms with Crippen LogP contribution in [0, 0.1) is 11.3 Å². The van der Waals surface area contributed by atoms with Gasteiger partial charge >= 0.3 is 5.97 Å². The van der Waals surface area contributed by atoms with E-state index in [0.717, 1.165) is 29.7 Å². The Morgan fingerprint density at radius 2 is 2.06 bits per heavy atom. The average molecular weight is 449 g/mol. The fraction of sp³-hybridized carbons (Fsp3) is 0.500. The SMILES string of the molecule is CC(C)(C)[C@H]1CCc2c(sc(NC(=O)COCC(=O)O)c2C(=O)NCc2ccco2)C1. The van der Waals surface area contributed by atoms with Gasteiger partial charge in [0.15, 0.2) is 0 Å². The van der Waals surface area contributed by atoms with Crippen LogP contribution in [0.15, 0.2) is 22.8 Å². The van der Waals surface area contributed by atoms with Gasteiger partial charge in [0.1, 0.15) is 24.0 Å². The van der Waals surface area contributed by atoms with Crippen LogP contribution < -0.4 is 10.6 Å².